The lowest BCUT2D eigenvalue weighted by Gasteiger charge is -2.63. The van der Waals surface area contributed by atoms with Crippen molar-refractivity contribution >= 4 is 17.7 Å². The Kier molecular flexibility index (Phi) is 6.18. The highest BCUT2D eigenvalue weighted by molar-refractivity contribution is 6.01. The van der Waals surface area contributed by atoms with E-state index in [-0.39, 0.29) is 24.8 Å². The number of allylic oxidation sites excluding steroid dienone is 4. The summed E-state index contributed by atoms with van der Waals surface area (Å²) in [6.07, 6.45) is -0.112. The van der Waals surface area contributed by atoms with Crippen LogP contribution in [0.1, 0.15) is 52.9 Å². The molecule has 3 saturated carbocycles. The molecule has 1 saturated heterocycles. The topological polar surface area (TPSA) is 99.1 Å². The Balaban J connectivity index is 1.61. The van der Waals surface area contributed by atoms with Crippen LogP contribution in [0.3, 0.4) is 0 Å². The second-order valence-electron chi connectivity index (χ2n) is 11.7. The van der Waals surface area contributed by atoms with Gasteiger partial charge in [0.25, 0.3) is 0 Å². The molecular weight excluding hydrogens is 493 g/mol. The molecule has 1 aliphatic heterocycles. The molecule has 5 rings (SSSR count). The van der Waals surface area contributed by atoms with Crippen molar-refractivity contribution in [2.24, 2.45) is 28.6 Å². The standard InChI is InChI=1S/C27H33F3O7/c1-14-9-16-17-11-19(29)18-10-15(31)6-7-24(18,2)26(17,30)21(32)12-25(16,3)27(14,23(34)36-13-28)37-22(33)20-5-4-8-35-20/h6-7,10,14,16-17,19-21,32H,4-5,8-9,11-13H2,1-3H3/t14-,16?,17?,19+,20+,21+,24+,25+,26+,27+/m1/s1. The normalized spacial score (nSPS) is 48.5. The van der Waals surface area contributed by atoms with Crippen LogP contribution in [0.5, 0.6) is 0 Å². The minimum Gasteiger partial charge on any atom is -0.444 e. The SMILES string of the molecule is C[C@@H]1CC2C3C[C@H](F)C4=CC(=O)C=C[C@]4(C)[C@@]3(F)[C@@H](O)C[C@]2(C)[C@@]1(OC(=O)[C@@H]1CCCO1)C(=O)OCF. The van der Waals surface area contributed by atoms with Crippen molar-refractivity contribution in [3.63, 3.8) is 0 Å². The first-order valence-electron chi connectivity index (χ1n) is 12.9. The first-order valence-corrected chi connectivity index (χ1v) is 12.9. The van der Waals surface area contributed by atoms with Gasteiger partial charge in [0.1, 0.15) is 6.17 Å². The lowest BCUT2D eigenvalue weighted by Crippen LogP contribution is -2.71. The number of hydrogen-bond donors (Lipinski definition) is 1. The number of rotatable bonds is 4. The quantitative estimate of drug-likeness (QED) is 0.560. The van der Waals surface area contributed by atoms with Crippen LogP contribution in [0.4, 0.5) is 13.2 Å². The third-order valence-electron chi connectivity index (χ3n) is 10.1. The van der Waals surface area contributed by atoms with Gasteiger partial charge < -0.3 is 19.3 Å². The molecule has 4 fully saturated rings. The fourth-order valence-corrected chi connectivity index (χ4v) is 8.36. The van der Waals surface area contributed by atoms with Crippen LogP contribution in [-0.2, 0) is 28.6 Å². The van der Waals surface area contributed by atoms with E-state index in [1.54, 1.807) is 13.8 Å². The first-order chi connectivity index (χ1) is 17.4. The molecule has 0 bridgehead atoms. The predicted molar refractivity (Wildman–Crippen MR) is 123 cm³/mol. The van der Waals surface area contributed by atoms with E-state index >= 15 is 8.78 Å². The summed E-state index contributed by atoms with van der Waals surface area (Å²) in [7, 11) is 0. The third kappa shape index (κ3) is 3.30. The van der Waals surface area contributed by atoms with E-state index in [4.69, 9.17) is 14.2 Å². The molecule has 2 unspecified atom stereocenters. The van der Waals surface area contributed by atoms with Crippen molar-refractivity contribution in [2.45, 2.75) is 82.5 Å². The van der Waals surface area contributed by atoms with Gasteiger partial charge in [-0.05, 0) is 62.7 Å². The van der Waals surface area contributed by atoms with E-state index in [0.29, 0.717) is 19.4 Å². The maximum Gasteiger partial charge on any atom is 0.353 e. The number of esters is 2. The molecule has 204 valence electrons. The Morgan fingerprint density at radius 1 is 1.24 bits per heavy atom. The van der Waals surface area contributed by atoms with Gasteiger partial charge in [-0.2, -0.15) is 0 Å². The Morgan fingerprint density at radius 3 is 2.62 bits per heavy atom. The van der Waals surface area contributed by atoms with Crippen LogP contribution in [0.25, 0.3) is 0 Å². The molecule has 7 nitrogen and oxygen atoms in total. The number of alkyl halides is 3. The van der Waals surface area contributed by atoms with Crippen molar-refractivity contribution in [2.75, 3.05) is 13.5 Å². The highest BCUT2D eigenvalue weighted by Crippen LogP contribution is 2.71. The molecule has 1 heterocycles. The van der Waals surface area contributed by atoms with Crippen molar-refractivity contribution in [3.8, 4) is 0 Å². The van der Waals surface area contributed by atoms with E-state index in [9.17, 15) is 23.9 Å². The van der Waals surface area contributed by atoms with Crippen LogP contribution < -0.4 is 0 Å². The molecule has 37 heavy (non-hydrogen) atoms. The number of carbonyl (C=O) groups excluding carboxylic acids is 3. The maximum atomic E-state index is 17.4. The van der Waals surface area contributed by atoms with E-state index < -0.39 is 82.8 Å². The summed E-state index contributed by atoms with van der Waals surface area (Å²) < 4.78 is 62.4. The molecule has 0 aromatic carbocycles. The van der Waals surface area contributed by atoms with E-state index in [2.05, 4.69) is 0 Å². The van der Waals surface area contributed by atoms with Crippen molar-refractivity contribution < 1.29 is 46.9 Å². The maximum absolute atomic E-state index is 17.4. The second kappa shape index (κ2) is 8.66. The zero-order chi connectivity index (χ0) is 27.0. The Hall–Kier alpha value is -2.20. The number of carbonyl (C=O) groups is 3. The lowest BCUT2D eigenvalue weighted by atomic mass is 9.44. The Bertz CT molecular complexity index is 1070. The van der Waals surface area contributed by atoms with Gasteiger partial charge in [0.15, 0.2) is 17.6 Å². The summed E-state index contributed by atoms with van der Waals surface area (Å²) in [5, 5.41) is 11.5. The van der Waals surface area contributed by atoms with Crippen LogP contribution in [0.15, 0.2) is 23.8 Å². The number of ether oxygens (including phenoxy) is 3. The lowest BCUT2D eigenvalue weighted by molar-refractivity contribution is -0.242. The molecule has 1 N–H and O–H groups in total. The Morgan fingerprint density at radius 2 is 1.97 bits per heavy atom. The van der Waals surface area contributed by atoms with Crippen LogP contribution in [-0.4, -0.2) is 65.9 Å². The van der Waals surface area contributed by atoms with Gasteiger partial charge in [-0.1, -0.05) is 19.9 Å². The van der Waals surface area contributed by atoms with E-state index in [0.717, 1.165) is 6.08 Å². The Labute approximate surface area is 213 Å². The smallest absolute Gasteiger partial charge is 0.353 e. The number of halogens is 3. The van der Waals surface area contributed by atoms with Crippen LogP contribution in [0.2, 0.25) is 0 Å². The number of fused-ring (bicyclic) bond motifs is 5. The minimum absolute atomic E-state index is 0.0136. The summed E-state index contributed by atoms with van der Waals surface area (Å²) in [4.78, 5) is 38.6. The molecule has 5 aliphatic rings. The third-order valence-corrected chi connectivity index (χ3v) is 10.1. The monoisotopic (exact) mass is 526 g/mol. The van der Waals surface area contributed by atoms with Crippen molar-refractivity contribution in [1.29, 1.82) is 0 Å². The molecule has 10 atom stereocenters. The largest absolute Gasteiger partial charge is 0.444 e. The van der Waals surface area contributed by atoms with Crippen LogP contribution >= 0.6 is 0 Å². The van der Waals surface area contributed by atoms with Gasteiger partial charge >= 0.3 is 11.9 Å². The highest BCUT2D eigenvalue weighted by Gasteiger charge is 2.79. The predicted octanol–water partition coefficient (Wildman–Crippen LogP) is 3.48. The fraction of sp³-hybridized carbons (Fsp3) is 0.741. The minimum atomic E-state index is -2.36. The van der Waals surface area contributed by atoms with E-state index in [1.165, 1.54) is 19.1 Å². The number of aliphatic hydroxyl groups is 1. The van der Waals surface area contributed by atoms with Gasteiger partial charge in [-0.15, -0.1) is 0 Å². The van der Waals surface area contributed by atoms with Crippen molar-refractivity contribution in [3.05, 3.63) is 23.8 Å². The summed E-state index contributed by atoms with van der Waals surface area (Å²) in [6.45, 7) is 3.62. The zero-order valence-electron chi connectivity index (χ0n) is 21.2. The molecule has 10 heteroatoms. The average Bonchev–Trinajstić information content (AvgIpc) is 3.45. The first kappa shape index (κ1) is 26.4. The second-order valence-corrected chi connectivity index (χ2v) is 11.7. The molecule has 0 aromatic rings. The molecule has 4 aliphatic carbocycles. The molecular formula is C27H33F3O7. The van der Waals surface area contributed by atoms with Gasteiger partial charge in [-0.3, -0.25) is 4.79 Å². The fourth-order valence-electron chi connectivity index (χ4n) is 8.36. The average molecular weight is 527 g/mol. The van der Waals surface area contributed by atoms with Gasteiger partial charge in [-0.25, -0.2) is 22.8 Å². The summed E-state index contributed by atoms with van der Waals surface area (Å²) >= 11 is 0. The van der Waals surface area contributed by atoms with E-state index in [1.807, 2.05) is 0 Å². The summed E-state index contributed by atoms with van der Waals surface area (Å²) in [6, 6.07) is 0. The number of ketones is 1. The van der Waals surface area contributed by atoms with Gasteiger partial charge in [0, 0.05) is 29.3 Å². The number of hydrogen-bond acceptors (Lipinski definition) is 7. The molecule has 0 spiro atoms. The molecule has 0 amide bonds. The van der Waals surface area contributed by atoms with Crippen molar-refractivity contribution in [1.82, 2.24) is 0 Å². The zero-order valence-corrected chi connectivity index (χ0v) is 21.2. The summed E-state index contributed by atoms with van der Waals surface area (Å²) in [5.74, 6) is -4.90. The highest BCUT2D eigenvalue weighted by atomic mass is 19.1. The summed E-state index contributed by atoms with van der Waals surface area (Å²) in [5.41, 5.74) is -7.39. The molecule has 0 radical (unpaired) electrons. The van der Waals surface area contributed by atoms with Crippen LogP contribution in [0, 0.1) is 28.6 Å². The van der Waals surface area contributed by atoms with Gasteiger partial charge in [0.05, 0.1) is 6.10 Å². The number of aliphatic hydroxyl groups excluding tert-OH is 1. The molecule has 0 aromatic heterocycles. The van der Waals surface area contributed by atoms with Gasteiger partial charge in [0.2, 0.25) is 12.5 Å².